The van der Waals surface area contributed by atoms with Crippen LogP contribution in [0.5, 0.6) is 0 Å². The molecule has 1 saturated heterocycles. The Kier molecular flexibility index (Phi) is 2.72. The van der Waals surface area contributed by atoms with Crippen LogP contribution >= 0.6 is 11.9 Å². The summed E-state index contributed by atoms with van der Waals surface area (Å²) in [5.41, 5.74) is 4.90. The SMILES string of the molecule is NC(=O)C[N+]1([O-])CCOCS1. The second-order valence-electron chi connectivity index (χ2n) is 2.32. The van der Waals surface area contributed by atoms with Gasteiger partial charge in [-0.25, -0.2) is 0 Å². The second kappa shape index (κ2) is 3.40. The minimum absolute atomic E-state index is 0.159. The number of quaternary nitrogens is 1. The van der Waals surface area contributed by atoms with E-state index in [0.717, 1.165) is 11.9 Å². The van der Waals surface area contributed by atoms with Crippen molar-refractivity contribution in [1.82, 2.24) is 0 Å². The van der Waals surface area contributed by atoms with Crippen molar-refractivity contribution < 1.29 is 13.6 Å². The van der Waals surface area contributed by atoms with E-state index in [2.05, 4.69) is 0 Å². The molecule has 1 rings (SSSR count). The largest absolute Gasteiger partial charge is 0.620 e. The van der Waals surface area contributed by atoms with Crippen LogP contribution in [0.25, 0.3) is 0 Å². The van der Waals surface area contributed by atoms with Gasteiger partial charge in [-0.3, -0.25) is 8.85 Å². The lowest BCUT2D eigenvalue weighted by molar-refractivity contribution is -0.737. The Morgan fingerprint density at radius 1 is 1.82 bits per heavy atom. The van der Waals surface area contributed by atoms with E-state index in [0.29, 0.717) is 19.1 Å². The van der Waals surface area contributed by atoms with Crippen LogP contribution in [0.4, 0.5) is 0 Å². The molecule has 1 fully saturated rings. The lowest BCUT2D eigenvalue weighted by atomic mass is 10.5. The van der Waals surface area contributed by atoms with Gasteiger partial charge < -0.3 is 15.7 Å². The van der Waals surface area contributed by atoms with E-state index in [1.807, 2.05) is 0 Å². The lowest BCUT2D eigenvalue weighted by Crippen LogP contribution is -2.46. The third kappa shape index (κ3) is 2.66. The molecule has 0 aromatic heterocycles. The number of amides is 1. The molecule has 1 heterocycles. The fraction of sp³-hybridized carbons (Fsp3) is 0.800. The van der Waals surface area contributed by atoms with Crippen molar-refractivity contribution in [2.75, 3.05) is 25.6 Å². The molecule has 0 spiro atoms. The molecule has 1 unspecified atom stereocenters. The smallest absolute Gasteiger partial charge is 0.274 e. The first-order valence-corrected chi connectivity index (χ1v) is 4.15. The monoisotopic (exact) mass is 178 g/mol. The highest BCUT2D eigenvalue weighted by molar-refractivity contribution is 7.93. The molecule has 1 amide bonds. The van der Waals surface area contributed by atoms with E-state index in [4.69, 9.17) is 10.5 Å². The Morgan fingerprint density at radius 3 is 3.00 bits per heavy atom. The van der Waals surface area contributed by atoms with Crippen LogP contribution in [0.3, 0.4) is 0 Å². The van der Waals surface area contributed by atoms with Gasteiger partial charge in [0.25, 0.3) is 5.91 Å². The van der Waals surface area contributed by atoms with E-state index in [9.17, 15) is 10.0 Å². The molecule has 5 nitrogen and oxygen atoms in total. The standard InChI is InChI=1S/C5H10N2O3S/c6-5(8)3-7(9)1-2-10-4-11-7/h1-4H2,(H2,6,8). The van der Waals surface area contributed by atoms with Crippen molar-refractivity contribution in [3.63, 3.8) is 0 Å². The number of nitrogens with zero attached hydrogens (tertiary/aromatic N) is 1. The molecule has 0 aromatic rings. The number of ether oxygens (including phenoxy) is 1. The van der Waals surface area contributed by atoms with Crippen LogP contribution < -0.4 is 5.73 Å². The number of carbonyl (C=O) groups is 1. The molecule has 0 aromatic carbocycles. The number of carbonyl (C=O) groups excluding carboxylic acids is 1. The van der Waals surface area contributed by atoms with E-state index in [1.54, 1.807) is 0 Å². The highest BCUT2D eigenvalue weighted by Crippen LogP contribution is 2.23. The summed E-state index contributed by atoms with van der Waals surface area (Å²) in [6.07, 6.45) is 0. The van der Waals surface area contributed by atoms with Crippen molar-refractivity contribution in [3.05, 3.63) is 5.21 Å². The van der Waals surface area contributed by atoms with E-state index < -0.39 is 9.96 Å². The van der Waals surface area contributed by atoms with Crippen molar-refractivity contribution in [1.29, 1.82) is 0 Å². The molecule has 11 heavy (non-hydrogen) atoms. The second-order valence-corrected chi connectivity index (χ2v) is 3.48. The fourth-order valence-electron chi connectivity index (χ4n) is 0.823. The summed E-state index contributed by atoms with van der Waals surface area (Å²) in [5.74, 6) is -0.217. The first kappa shape index (κ1) is 8.79. The van der Waals surface area contributed by atoms with Gasteiger partial charge in [0.1, 0.15) is 24.4 Å². The predicted octanol–water partition coefficient (Wildman–Crippen LogP) is -0.578. The molecule has 0 aliphatic carbocycles. The van der Waals surface area contributed by atoms with Gasteiger partial charge >= 0.3 is 0 Å². The molecule has 1 atom stereocenters. The van der Waals surface area contributed by atoms with E-state index in [-0.39, 0.29) is 6.54 Å². The number of hydrogen-bond acceptors (Lipinski definition) is 4. The van der Waals surface area contributed by atoms with E-state index >= 15 is 0 Å². The quantitative estimate of drug-likeness (QED) is 0.349. The molecule has 1 aliphatic heterocycles. The van der Waals surface area contributed by atoms with Crippen LogP contribution in [0.2, 0.25) is 0 Å². The number of rotatable bonds is 2. The number of hydroxylamine groups is 2. The molecular formula is C5H10N2O3S. The van der Waals surface area contributed by atoms with Crippen LogP contribution in [0, 0.1) is 5.21 Å². The molecule has 2 N–H and O–H groups in total. The highest BCUT2D eigenvalue weighted by atomic mass is 32.2. The molecule has 1 aliphatic rings. The van der Waals surface area contributed by atoms with Gasteiger partial charge in [-0.15, -0.1) is 0 Å². The molecule has 64 valence electrons. The Labute approximate surface area is 68.8 Å². The maximum absolute atomic E-state index is 11.5. The van der Waals surface area contributed by atoms with Crippen LogP contribution in [0.15, 0.2) is 0 Å². The van der Waals surface area contributed by atoms with Gasteiger partial charge in [-0.05, 0) is 0 Å². The first-order chi connectivity index (χ1) is 5.12. The Bertz CT molecular complexity index is 158. The minimum Gasteiger partial charge on any atom is -0.620 e. The minimum atomic E-state index is -0.602. The summed E-state index contributed by atoms with van der Waals surface area (Å²) >= 11 is 1.05. The summed E-state index contributed by atoms with van der Waals surface area (Å²) in [6, 6.07) is 0. The van der Waals surface area contributed by atoms with Crippen LogP contribution in [0.1, 0.15) is 0 Å². The van der Waals surface area contributed by atoms with Gasteiger partial charge in [-0.1, -0.05) is 0 Å². The van der Waals surface area contributed by atoms with Crippen LogP contribution in [-0.2, 0) is 9.53 Å². The third-order valence-electron chi connectivity index (χ3n) is 1.34. The molecule has 0 radical (unpaired) electrons. The molecular weight excluding hydrogens is 168 g/mol. The Morgan fingerprint density at radius 2 is 2.55 bits per heavy atom. The van der Waals surface area contributed by atoms with Gasteiger partial charge in [0.2, 0.25) is 0 Å². The first-order valence-electron chi connectivity index (χ1n) is 3.21. The molecule has 0 saturated carbocycles. The lowest BCUT2D eigenvalue weighted by Gasteiger charge is -2.40. The van der Waals surface area contributed by atoms with E-state index in [1.165, 1.54) is 0 Å². The topological polar surface area (TPSA) is 75.4 Å². The summed E-state index contributed by atoms with van der Waals surface area (Å²) in [6.45, 7) is 0.547. The predicted molar refractivity (Wildman–Crippen MR) is 41.0 cm³/mol. The average molecular weight is 178 g/mol. The van der Waals surface area contributed by atoms with Crippen molar-refractivity contribution in [2.24, 2.45) is 5.73 Å². The summed E-state index contributed by atoms with van der Waals surface area (Å²) in [7, 11) is 0. The highest BCUT2D eigenvalue weighted by Gasteiger charge is 2.25. The summed E-state index contributed by atoms with van der Waals surface area (Å²) in [4.78, 5) is 10.4. The fourth-order valence-corrected chi connectivity index (χ4v) is 1.63. The molecule has 0 bridgehead atoms. The van der Waals surface area contributed by atoms with Gasteiger partial charge in [0.05, 0.1) is 6.61 Å². The average Bonchev–Trinajstić information content (AvgIpc) is 1.85. The summed E-state index contributed by atoms with van der Waals surface area (Å²) in [5, 5.41) is 11.5. The van der Waals surface area contributed by atoms with Gasteiger partial charge in [0.15, 0.2) is 6.54 Å². The zero-order chi connectivity index (χ0) is 8.32. The number of nitrogens with two attached hydrogens (primary N) is 1. The zero-order valence-electron chi connectivity index (χ0n) is 5.99. The van der Waals surface area contributed by atoms with Crippen LogP contribution in [-0.4, -0.2) is 35.6 Å². The normalized spacial score (nSPS) is 31.7. The summed E-state index contributed by atoms with van der Waals surface area (Å²) < 4.78 is 4.34. The maximum atomic E-state index is 11.5. The van der Waals surface area contributed by atoms with Crippen molar-refractivity contribution >= 4 is 17.9 Å². The maximum Gasteiger partial charge on any atom is 0.274 e. The number of hydrogen-bond donors (Lipinski definition) is 1. The third-order valence-corrected chi connectivity index (χ3v) is 2.40. The van der Waals surface area contributed by atoms with Crippen molar-refractivity contribution in [3.8, 4) is 0 Å². The molecule has 6 heteroatoms. The number of primary amides is 1. The van der Waals surface area contributed by atoms with Crippen molar-refractivity contribution in [2.45, 2.75) is 0 Å². The van der Waals surface area contributed by atoms with Gasteiger partial charge in [0, 0.05) is 0 Å². The Balaban J connectivity index is 2.43. The zero-order valence-corrected chi connectivity index (χ0v) is 6.80. The Hall–Kier alpha value is -0.300. The van der Waals surface area contributed by atoms with Gasteiger partial charge in [-0.2, -0.15) is 0 Å².